The van der Waals surface area contributed by atoms with E-state index in [0.717, 1.165) is 12.5 Å². The van der Waals surface area contributed by atoms with Gasteiger partial charge in [0.15, 0.2) is 5.82 Å². The van der Waals surface area contributed by atoms with Crippen LogP contribution in [0.15, 0.2) is 18.5 Å². The molecule has 86 valence electrons. The molecule has 2 rings (SSSR count). The number of hydrogen-bond donors (Lipinski definition) is 0. The zero-order valence-corrected chi connectivity index (χ0v) is 9.37. The van der Waals surface area contributed by atoms with Gasteiger partial charge in [0, 0.05) is 18.7 Å². The summed E-state index contributed by atoms with van der Waals surface area (Å²) >= 11 is 0. The van der Waals surface area contributed by atoms with Gasteiger partial charge in [-0.15, -0.1) is 0 Å². The van der Waals surface area contributed by atoms with E-state index in [2.05, 4.69) is 18.8 Å². The Balaban J connectivity index is 2.40. The summed E-state index contributed by atoms with van der Waals surface area (Å²) in [6.45, 7) is 4.92. The molecule has 1 aromatic carbocycles. The second kappa shape index (κ2) is 4.20. The number of halogens is 2. The molecule has 0 fully saturated rings. The van der Waals surface area contributed by atoms with E-state index >= 15 is 0 Å². The van der Waals surface area contributed by atoms with Crippen LogP contribution in [0, 0.1) is 17.6 Å². The first-order valence-corrected chi connectivity index (χ1v) is 5.38. The van der Waals surface area contributed by atoms with Gasteiger partial charge < -0.3 is 4.57 Å². The second-order valence-corrected chi connectivity index (χ2v) is 4.38. The zero-order chi connectivity index (χ0) is 11.7. The van der Waals surface area contributed by atoms with Crippen LogP contribution in [0.3, 0.4) is 0 Å². The summed E-state index contributed by atoms with van der Waals surface area (Å²) in [7, 11) is 0. The van der Waals surface area contributed by atoms with Crippen molar-refractivity contribution in [1.82, 2.24) is 9.55 Å². The molecule has 0 spiro atoms. The number of fused-ring (bicyclic) bond motifs is 1. The molecule has 0 aliphatic heterocycles. The Morgan fingerprint density at radius 3 is 2.75 bits per heavy atom. The highest BCUT2D eigenvalue weighted by Crippen LogP contribution is 2.19. The lowest BCUT2D eigenvalue weighted by atomic mass is 10.1. The molecule has 1 aromatic heterocycles. The number of nitrogens with zero attached hydrogens (tertiary/aromatic N) is 2. The minimum atomic E-state index is -0.584. The first-order chi connectivity index (χ1) is 7.58. The quantitative estimate of drug-likeness (QED) is 0.781. The van der Waals surface area contributed by atoms with Crippen molar-refractivity contribution in [3.8, 4) is 0 Å². The van der Waals surface area contributed by atoms with Crippen LogP contribution < -0.4 is 0 Å². The molecule has 1 heterocycles. The average Bonchev–Trinajstić information content (AvgIpc) is 2.57. The summed E-state index contributed by atoms with van der Waals surface area (Å²) in [5.41, 5.74) is 0.767. The topological polar surface area (TPSA) is 17.8 Å². The van der Waals surface area contributed by atoms with Crippen molar-refractivity contribution in [3.05, 3.63) is 30.1 Å². The van der Waals surface area contributed by atoms with Gasteiger partial charge in [0.25, 0.3) is 0 Å². The summed E-state index contributed by atoms with van der Waals surface area (Å²) in [5.74, 6) is -0.587. The maximum absolute atomic E-state index is 13.6. The number of benzene rings is 1. The van der Waals surface area contributed by atoms with Crippen LogP contribution in [0.25, 0.3) is 11.0 Å². The molecule has 0 unspecified atom stereocenters. The molecule has 0 amide bonds. The van der Waals surface area contributed by atoms with Crippen molar-refractivity contribution in [2.45, 2.75) is 26.8 Å². The SMILES string of the molecule is CC(C)CCn1cnc2cc(F)cc(F)c21. The van der Waals surface area contributed by atoms with Crippen molar-refractivity contribution >= 4 is 11.0 Å². The Morgan fingerprint density at radius 2 is 2.06 bits per heavy atom. The minimum absolute atomic E-state index is 0.376. The highest BCUT2D eigenvalue weighted by Gasteiger charge is 2.10. The summed E-state index contributed by atoms with van der Waals surface area (Å²) < 4.78 is 28.2. The van der Waals surface area contributed by atoms with Gasteiger partial charge in [0.1, 0.15) is 11.3 Å². The molecule has 0 atom stereocenters. The Morgan fingerprint density at radius 1 is 1.31 bits per heavy atom. The summed E-state index contributed by atoms with van der Waals surface area (Å²) in [5, 5.41) is 0. The maximum atomic E-state index is 13.6. The Bertz CT molecular complexity index is 503. The van der Waals surface area contributed by atoms with Gasteiger partial charge in [-0.25, -0.2) is 13.8 Å². The maximum Gasteiger partial charge on any atom is 0.152 e. The van der Waals surface area contributed by atoms with Crippen LogP contribution in [0.1, 0.15) is 20.3 Å². The van der Waals surface area contributed by atoms with Gasteiger partial charge >= 0.3 is 0 Å². The molecule has 4 heteroatoms. The van der Waals surface area contributed by atoms with E-state index < -0.39 is 11.6 Å². The first kappa shape index (κ1) is 11.0. The van der Waals surface area contributed by atoms with E-state index in [1.54, 1.807) is 10.9 Å². The minimum Gasteiger partial charge on any atom is -0.328 e. The van der Waals surface area contributed by atoms with Gasteiger partial charge in [-0.05, 0) is 12.3 Å². The lowest BCUT2D eigenvalue weighted by Crippen LogP contribution is -2.01. The molecule has 0 saturated carbocycles. The third-order valence-electron chi connectivity index (χ3n) is 2.58. The number of imidazole rings is 1. The normalized spacial score (nSPS) is 11.6. The largest absolute Gasteiger partial charge is 0.328 e. The van der Waals surface area contributed by atoms with E-state index in [-0.39, 0.29) is 0 Å². The monoisotopic (exact) mass is 224 g/mol. The molecule has 2 aromatic rings. The van der Waals surface area contributed by atoms with Gasteiger partial charge in [-0.3, -0.25) is 0 Å². The van der Waals surface area contributed by atoms with Crippen molar-refractivity contribution in [3.63, 3.8) is 0 Å². The van der Waals surface area contributed by atoms with E-state index in [9.17, 15) is 8.78 Å². The van der Waals surface area contributed by atoms with Gasteiger partial charge in [-0.1, -0.05) is 13.8 Å². The highest BCUT2D eigenvalue weighted by atomic mass is 19.1. The number of rotatable bonds is 3. The van der Waals surface area contributed by atoms with Crippen LogP contribution in [-0.2, 0) is 6.54 Å². The van der Waals surface area contributed by atoms with Crippen molar-refractivity contribution in [2.75, 3.05) is 0 Å². The van der Waals surface area contributed by atoms with Crippen LogP contribution >= 0.6 is 0 Å². The van der Waals surface area contributed by atoms with Crippen molar-refractivity contribution in [2.24, 2.45) is 5.92 Å². The van der Waals surface area contributed by atoms with E-state index in [4.69, 9.17) is 0 Å². The lowest BCUT2D eigenvalue weighted by Gasteiger charge is -2.07. The summed E-state index contributed by atoms with van der Waals surface area (Å²) in [6, 6.07) is 2.15. The van der Waals surface area contributed by atoms with Crippen LogP contribution in [-0.4, -0.2) is 9.55 Å². The third-order valence-corrected chi connectivity index (χ3v) is 2.58. The van der Waals surface area contributed by atoms with Crippen molar-refractivity contribution in [1.29, 1.82) is 0 Å². The molecular formula is C12H14F2N2. The summed E-state index contributed by atoms with van der Waals surface area (Å²) in [6.07, 6.45) is 2.51. The Labute approximate surface area is 92.9 Å². The molecular weight excluding hydrogens is 210 g/mol. The average molecular weight is 224 g/mol. The van der Waals surface area contributed by atoms with E-state index in [1.807, 2.05) is 0 Å². The fourth-order valence-electron chi connectivity index (χ4n) is 1.69. The number of hydrogen-bond acceptors (Lipinski definition) is 1. The first-order valence-electron chi connectivity index (χ1n) is 5.38. The predicted molar refractivity (Wildman–Crippen MR) is 59.1 cm³/mol. The molecule has 0 radical (unpaired) electrons. The Kier molecular flexibility index (Phi) is 2.90. The third kappa shape index (κ3) is 2.05. The molecule has 0 aliphatic carbocycles. The molecule has 0 aliphatic rings. The number of aromatic nitrogens is 2. The predicted octanol–water partition coefficient (Wildman–Crippen LogP) is 3.36. The zero-order valence-electron chi connectivity index (χ0n) is 9.37. The molecule has 2 nitrogen and oxygen atoms in total. The highest BCUT2D eigenvalue weighted by molar-refractivity contribution is 5.75. The smallest absolute Gasteiger partial charge is 0.152 e. The van der Waals surface area contributed by atoms with E-state index in [0.29, 0.717) is 23.5 Å². The Hall–Kier alpha value is -1.45. The van der Waals surface area contributed by atoms with Crippen LogP contribution in [0.4, 0.5) is 8.78 Å². The lowest BCUT2D eigenvalue weighted by molar-refractivity contribution is 0.516. The van der Waals surface area contributed by atoms with Crippen LogP contribution in [0.2, 0.25) is 0 Å². The fourth-order valence-corrected chi connectivity index (χ4v) is 1.69. The molecule has 0 saturated heterocycles. The second-order valence-electron chi connectivity index (χ2n) is 4.38. The standard InChI is InChI=1S/C12H14F2N2/c1-8(2)3-4-16-7-15-11-6-9(13)5-10(14)12(11)16/h5-8H,3-4H2,1-2H3. The number of aryl methyl sites for hydroxylation is 1. The molecule has 0 bridgehead atoms. The summed E-state index contributed by atoms with van der Waals surface area (Å²) in [4.78, 5) is 4.00. The molecule has 16 heavy (non-hydrogen) atoms. The van der Waals surface area contributed by atoms with E-state index in [1.165, 1.54) is 6.07 Å². The van der Waals surface area contributed by atoms with Crippen molar-refractivity contribution < 1.29 is 8.78 Å². The van der Waals surface area contributed by atoms with Gasteiger partial charge in [0.05, 0.1) is 11.8 Å². The van der Waals surface area contributed by atoms with Gasteiger partial charge in [0.2, 0.25) is 0 Å². The van der Waals surface area contributed by atoms with Gasteiger partial charge in [-0.2, -0.15) is 0 Å². The molecule has 0 N–H and O–H groups in total. The fraction of sp³-hybridized carbons (Fsp3) is 0.417. The van der Waals surface area contributed by atoms with Crippen LogP contribution in [0.5, 0.6) is 0 Å².